The molecule has 3 aromatic rings. The summed E-state index contributed by atoms with van der Waals surface area (Å²) in [6, 6.07) is 11.3. The van der Waals surface area contributed by atoms with Crippen LogP contribution in [0.1, 0.15) is 18.6 Å². The number of benzene rings is 1. The third-order valence-corrected chi connectivity index (χ3v) is 7.98. The van der Waals surface area contributed by atoms with Crippen LogP contribution in [0.3, 0.4) is 0 Å². The molecule has 4 rings (SSSR count). The summed E-state index contributed by atoms with van der Waals surface area (Å²) in [5.41, 5.74) is 5.70. The number of carbonyl (C=O) groups is 3. The molecule has 0 aliphatic carbocycles. The van der Waals surface area contributed by atoms with Crippen molar-refractivity contribution in [1.29, 1.82) is 0 Å². The van der Waals surface area contributed by atoms with Gasteiger partial charge in [0.2, 0.25) is 11.8 Å². The fourth-order valence-electron chi connectivity index (χ4n) is 2.87. The van der Waals surface area contributed by atoms with Crippen LogP contribution in [0.15, 0.2) is 56.3 Å². The van der Waals surface area contributed by atoms with Crippen LogP contribution in [0.25, 0.3) is 16.3 Å². The minimum absolute atomic E-state index is 0.138. The molecular weight excluding hydrogens is 501 g/mol. The minimum atomic E-state index is -0.343. The molecule has 0 saturated carbocycles. The number of hydrazine groups is 1. The number of hydrogen-bond donors (Lipinski definition) is 2. The van der Waals surface area contributed by atoms with E-state index < -0.39 is 0 Å². The summed E-state index contributed by atoms with van der Waals surface area (Å²) in [6.45, 7) is 0.314. The third kappa shape index (κ3) is 6.22. The van der Waals surface area contributed by atoms with Gasteiger partial charge in [-0.3, -0.25) is 30.1 Å². The normalized spacial score (nSPS) is 14.9. The van der Waals surface area contributed by atoms with E-state index in [0.29, 0.717) is 28.0 Å². The molecule has 1 aromatic carbocycles. The zero-order valence-corrected chi connectivity index (χ0v) is 20.4. The summed E-state index contributed by atoms with van der Waals surface area (Å²) in [5.74, 6) is -0.162. The molecule has 1 aliphatic rings. The number of para-hydroxylation sites is 1. The molecule has 0 spiro atoms. The third-order valence-electron chi connectivity index (χ3n) is 4.42. The van der Waals surface area contributed by atoms with Crippen LogP contribution in [0, 0.1) is 0 Å². The van der Waals surface area contributed by atoms with Crippen molar-refractivity contribution in [1.82, 2.24) is 20.7 Å². The van der Waals surface area contributed by atoms with Crippen molar-refractivity contribution in [2.75, 3.05) is 12.3 Å². The lowest BCUT2D eigenvalue weighted by Crippen LogP contribution is -2.42. The number of amides is 3. The van der Waals surface area contributed by atoms with Crippen LogP contribution in [-0.4, -0.2) is 44.2 Å². The van der Waals surface area contributed by atoms with Gasteiger partial charge in [-0.2, -0.15) is 0 Å². The second-order valence-corrected chi connectivity index (χ2v) is 10.7. The molecule has 0 atom stereocenters. The maximum atomic E-state index is 12.5. The van der Waals surface area contributed by atoms with Crippen molar-refractivity contribution in [3.05, 3.63) is 53.3 Å². The van der Waals surface area contributed by atoms with Gasteiger partial charge in [-0.25, -0.2) is 4.98 Å². The number of aromatic nitrogens is 1. The summed E-state index contributed by atoms with van der Waals surface area (Å²) in [7, 11) is 0. The Hall–Kier alpha value is -2.67. The number of thiocarbonyl (C=S) groups is 1. The van der Waals surface area contributed by atoms with Crippen LogP contribution in [0.4, 0.5) is 0 Å². The predicted molar refractivity (Wildman–Crippen MR) is 134 cm³/mol. The van der Waals surface area contributed by atoms with Gasteiger partial charge in [0.05, 0.1) is 27.1 Å². The van der Waals surface area contributed by atoms with Gasteiger partial charge in [0.1, 0.15) is 10.1 Å². The van der Waals surface area contributed by atoms with Crippen molar-refractivity contribution in [2.24, 2.45) is 0 Å². The number of thiazole rings is 1. The predicted octanol–water partition coefficient (Wildman–Crippen LogP) is 3.81. The molecule has 1 aliphatic heterocycles. The first kappa shape index (κ1) is 23.5. The number of carbonyl (C=O) groups excluding carboxylic acids is 3. The number of rotatable bonds is 8. The highest BCUT2D eigenvalue weighted by molar-refractivity contribution is 8.26. The van der Waals surface area contributed by atoms with E-state index in [1.807, 2.05) is 24.3 Å². The van der Waals surface area contributed by atoms with Crippen molar-refractivity contribution in [2.45, 2.75) is 17.2 Å². The first-order valence-electron chi connectivity index (χ1n) is 9.84. The van der Waals surface area contributed by atoms with Crippen molar-refractivity contribution >= 4 is 85.4 Å². The average Bonchev–Trinajstić information content (AvgIpc) is 3.52. The molecule has 3 heterocycles. The van der Waals surface area contributed by atoms with Crippen LogP contribution in [-0.2, 0) is 14.4 Å². The Morgan fingerprint density at radius 3 is 2.79 bits per heavy atom. The topological polar surface area (TPSA) is 105 Å². The lowest BCUT2D eigenvalue weighted by molar-refractivity contribution is -0.128. The smallest absolute Gasteiger partial charge is 0.266 e. The van der Waals surface area contributed by atoms with Gasteiger partial charge < -0.3 is 4.42 Å². The SMILES string of the molecule is O=C(CCCN1C(=O)C(=Cc2ccco2)SC1=S)NNC(=O)CSc1nc2ccccc2s1. The van der Waals surface area contributed by atoms with Crippen molar-refractivity contribution in [3.63, 3.8) is 0 Å². The molecule has 8 nitrogen and oxygen atoms in total. The Morgan fingerprint density at radius 2 is 2.00 bits per heavy atom. The summed E-state index contributed by atoms with van der Waals surface area (Å²) < 4.78 is 7.53. The molecule has 33 heavy (non-hydrogen) atoms. The van der Waals surface area contributed by atoms with E-state index in [0.717, 1.165) is 14.6 Å². The maximum Gasteiger partial charge on any atom is 0.266 e. The number of nitrogens with zero attached hydrogens (tertiary/aromatic N) is 2. The Balaban J connectivity index is 1.15. The van der Waals surface area contributed by atoms with Crippen molar-refractivity contribution in [3.8, 4) is 0 Å². The van der Waals surface area contributed by atoms with Gasteiger partial charge in [-0.1, -0.05) is 47.9 Å². The lowest BCUT2D eigenvalue weighted by atomic mass is 10.3. The molecule has 0 bridgehead atoms. The Morgan fingerprint density at radius 1 is 1.18 bits per heavy atom. The molecule has 12 heteroatoms. The molecule has 1 fully saturated rings. The summed E-state index contributed by atoms with van der Waals surface area (Å²) in [6.07, 6.45) is 3.72. The monoisotopic (exact) mass is 518 g/mol. The molecule has 3 amide bonds. The van der Waals surface area contributed by atoms with E-state index in [1.165, 1.54) is 46.0 Å². The molecule has 2 N–H and O–H groups in total. The summed E-state index contributed by atoms with van der Waals surface area (Å²) >= 11 is 9.31. The van der Waals surface area contributed by atoms with Crippen LogP contribution in [0.2, 0.25) is 0 Å². The van der Waals surface area contributed by atoms with Crippen LogP contribution >= 0.6 is 47.1 Å². The highest BCUT2D eigenvalue weighted by atomic mass is 32.2. The fourth-order valence-corrected chi connectivity index (χ4v) is 6.03. The Labute approximate surface area is 207 Å². The average molecular weight is 519 g/mol. The van der Waals surface area contributed by atoms with E-state index >= 15 is 0 Å². The van der Waals surface area contributed by atoms with E-state index in [1.54, 1.807) is 18.2 Å². The van der Waals surface area contributed by atoms with Crippen LogP contribution < -0.4 is 10.9 Å². The second-order valence-electron chi connectivity index (χ2n) is 6.78. The maximum absolute atomic E-state index is 12.5. The molecule has 0 radical (unpaired) electrons. The quantitative estimate of drug-likeness (QED) is 0.201. The summed E-state index contributed by atoms with van der Waals surface area (Å²) in [4.78, 5) is 43.0. The Kier molecular flexibility index (Phi) is 7.81. The molecule has 2 aromatic heterocycles. The van der Waals surface area contributed by atoms with Gasteiger partial charge >= 0.3 is 0 Å². The number of furan rings is 1. The lowest BCUT2D eigenvalue weighted by Gasteiger charge is -2.14. The first-order valence-corrected chi connectivity index (χ1v) is 12.9. The highest BCUT2D eigenvalue weighted by Crippen LogP contribution is 2.32. The molecular formula is C21H18N4O4S4. The van der Waals surface area contributed by atoms with Gasteiger partial charge in [0, 0.05) is 19.0 Å². The van der Waals surface area contributed by atoms with E-state index in [-0.39, 0.29) is 29.9 Å². The molecule has 1 saturated heterocycles. The zero-order chi connectivity index (χ0) is 23.2. The largest absolute Gasteiger partial charge is 0.465 e. The standard InChI is InChI=1S/C21H18N4O4S4/c26-17(23-24-18(27)12-31-20-22-14-6-1-2-7-15(14)32-20)8-3-9-25-19(28)16(33-21(25)30)11-13-5-4-10-29-13/h1-2,4-7,10-11H,3,8-9,12H2,(H,23,26)(H,24,27). The highest BCUT2D eigenvalue weighted by Gasteiger charge is 2.31. The number of thioether (sulfide) groups is 2. The van der Waals surface area contributed by atoms with Gasteiger partial charge in [-0.05, 0) is 30.7 Å². The van der Waals surface area contributed by atoms with Crippen molar-refractivity contribution < 1.29 is 18.8 Å². The first-order chi connectivity index (χ1) is 16.0. The van der Waals surface area contributed by atoms with Crippen LogP contribution in [0.5, 0.6) is 0 Å². The van der Waals surface area contributed by atoms with Gasteiger partial charge in [0.25, 0.3) is 5.91 Å². The van der Waals surface area contributed by atoms with E-state index in [2.05, 4.69) is 15.8 Å². The van der Waals surface area contributed by atoms with Gasteiger partial charge in [-0.15, -0.1) is 11.3 Å². The fraction of sp³-hybridized carbons (Fsp3) is 0.190. The zero-order valence-electron chi connectivity index (χ0n) is 17.1. The number of fused-ring (bicyclic) bond motifs is 1. The Bertz CT molecular complexity index is 1190. The molecule has 170 valence electrons. The number of hydrogen-bond acceptors (Lipinski definition) is 9. The summed E-state index contributed by atoms with van der Waals surface area (Å²) in [5, 5.41) is 0. The van der Waals surface area contributed by atoms with E-state index in [4.69, 9.17) is 16.6 Å². The second kappa shape index (κ2) is 11.0. The van der Waals surface area contributed by atoms with Gasteiger partial charge in [0.15, 0.2) is 4.34 Å². The number of nitrogens with one attached hydrogen (secondary N) is 2. The van der Waals surface area contributed by atoms with E-state index in [9.17, 15) is 14.4 Å². The minimum Gasteiger partial charge on any atom is -0.465 e. The molecule has 0 unspecified atom stereocenters.